The zero-order valence-corrected chi connectivity index (χ0v) is 10.6. The van der Waals surface area contributed by atoms with E-state index < -0.39 is 12.0 Å². The minimum absolute atomic E-state index is 0.338. The van der Waals surface area contributed by atoms with Crippen LogP contribution in [0.5, 0.6) is 0 Å². The first kappa shape index (κ1) is 14.7. The molecule has 7 heteroatoms. The van der Waals surface area contributed by atoms with Crippen molar-refractivity contribution in [1.82, 2.24) is 10.2 Å². The summed E-state index contributed by atoms with van der Waals surface area (Å²) < 4.78 is 9.99. The average molecular weight is 260 g/mol. The standard InChI is InChI=1S/C11H20N2O5/c1-17-7-8-18-6-4-12-11(16)13-5-2-3-9(13)10(14)15/h9H,2-8H2,1H3,(H,12,16)(H,14,15)/t9-/m0/s1. The van der Waals surface area contributed by atoms with Gasteiger partial charge in [-0.25, -0.2) is 9.59 Å². The Balaban J connectivity index is 2.18. The summed E-state index contributed by atoms with van der Waals surface area (Å²) in [5, 5.41) is 11.6. The second-order valence-electron chi connectivity index (χ2n) is 4.03. The van der Waals surface area contributed by atoms with E-state index in [1.807, 2.05) is 0 Å². The van der Waals surface area contributed by atoms with Crippen molar-refractivity contribution >= 4 is 12.0 Å². The van der Waals surface area contributed by atoms with Crippen LogP contribution in [0, 0.1) is 0 Å². The van der Waals surface area contributed by atoms with Gasteiger partial charge in [0.15, 0.2) is 0 Å². The van der Waals surface area contributed by atoms with Crippen LogP contribution in [0.15, 0.2) is 0 Å². The zero-order chi connectivity index (χ0) is 13.4. The first-order valence-electron chi connectivity index (χ1n) is 6.00. The number of urea groups is 1. The molecule has 1 aliphatic heterocycles. The van der Waals surface area contributed by atoms with Gasteiger partial charge in [-0.15, -0.1) is 0 Å². The highest BCUT2D eigenvalue weighted by Gasteiger charge is 2.33. The lowest BCUT2D eigenvalue weighted by Crippen LogP contribution is -2.46. The van der Waals surface area contributed by atoms with Gasteiger partial charge in [-0.3, -0.25) is 0 Å². The molecule has 0 spiro atoms. The average Bonchev–Trinajstić information content (AvgIpc) is 2.82. The molecule has 0 saturated carbocycles. The summed E-state index contributed by atoms with van der Waals surface area (Å²) in [6.07, 6.45) is 1.25. The second-order valence-corrected chi connectivity index (χ2v) is 4.03. The van der Waals surface area contributed by atoms with Gasteiger partial charge in [0, 0.05) is 20.2 Å². The molecule has 0 bridgehead atoms. The Bertz CT molecular complexity index is 285. The normalized spacial score (nSPS) is 18.9. The highest BCUT2D eigenvalue weighted by Crippen LogP contribution is 2.16. The van der Waals surface area contributed by atoms with Gasteiger partial charge in [-0.2, -0.15) is 0 Å². The van der Waals surface area contributed by atoms with E-state index in [4.69, 9.17) is 14.6 Å². The third kappa shape index (κ3) is 4.50. The molecule has 18 heavy (non-hydrogen) atoms. The Morgan fingerprint density at radius 3 is 2.83 bits per heavy atom. The molecule has 0 aliphatic carbocycles. The predicted octanol–water partition coefficient (Wildman–Crippen LogP) is -0.0920. The number of amides is 2. The van der Waals surface area contributed by atoms with Crippen molar-refractivity contribution in [2.45, 2.75) is 18.9 Å². The number of nitrogens with one attached hydrogen (secondary N) is 1. The van der Waals surface area contributed by atoms with Crippen LogP contribution in [0.4, 0.5) is 4.79 Å². The Morgan fingerprint density at radius 2 is 2.17 bits per heavy atom. The summed E-state index contributed by atoms with van der Waals surface area (Å²) >= 11 is 0. The van der Waals surface area contributed by atoms with Gasteiger partial charge >= 0.3 is 12.0 Å². The fourth-order valence-electron chi connectivity index (χ4n) is 1.84. The maximum atomic E-state index is 11.7. The van der Waals surface area contributed by atoms with Crippen LogP contribution < -0.4 is 5.32 Å². The van der Waals surface area contributed by atoms with E-state index in [2.05, 4.69) is 5.32 Å². The molecule has 0 aromatic heterocycles. The van der Waals surface area contributed by atoms with Crippen molar-refractivity contribution in [3.63, 3.8) is 0 Å². The molecule has 1 rings (SSSR count). The summed E-state index contributed by atoms with van der Waals surface area (Å²) in [5.74, 6) is -0.945. The van der Waals surface area contributed by atoms with Crippen molar-refractivity contribution < 1.29 is 24.2 Å². The van der Waals surface area contributed by atoms with Crippen LogP contribution in [0.2, 0.25) is 0 Å². The highest BCUT2D eigenvalue weighted by atomic mass is 16.5. The Hall–Kier alpha value is -1.34. The van der Waals surface area contributed by atoms with Gasteiger partial charge in [0.25, 0.3) is 0 Å². The van der Waals surface area contributed by atoms with E-state index in [1.54, 1.807) is 7.11 Å². The van der Waals surface area contributed by atoms with Crippen LogP contribution in [0.1, 0.15) is 12.8 Å². The van der Waals surface area contributed by atoms with Gasteiger partial charge in [0.05, 0.1) is 19.8 Å². The van der Waals surface area contributed by atoms with Gasteiger partial charge in [-0.1, -0.05) is 0 Å². The summed E-state index contributed by atoms with van der Waals surface area (Å²) in [7, 11) is 1.59. The number of hydrogen-bond donors (Lipinski definition) is 2. The summed E-state index contributed by atoms with van der Waals surface area (Å²) in [5.41, 5.74) is 0. The first-order valence-corrected chi connectivity index (χ1v) is 6.00. The van der Waals surface area contributed by atoms with E-state index >= 15 is 0 Å². The molecule has 0 aromatic carbocycles. The molecule has 1 aliphatic rings. The van der Waals surface area contributed by atoms with E-state index in [0.29, 0.717) is 39.3 Å². The number of hydrogen-bond acceptors (Lipinski definition) is 4. The summed E-state index contributed by atoms with van der Waals surface area (Å²) in [6.45, 7) is 2.24. The number of aliphatic carboxylic acids is 1. The molecule has 1 saturated heterocycles. The molecule has 0 unspecified atom stereocenters. The smallest absolute Gasteiger partial charge is 0.326 e. The third-order valence-electron chi connectivity index (χ3n) is 2.75. The molecular formula is C11H20N2O5. The maximum absolute atomic E-state index is 11.7. The van der Waals surface area contributed by atoms with Gasteiger partial charge in [-0.05, 0) is 12.8 Å². The minimum Gasteiger partial charge on any atom is -0.480 e. The highest BCUT2D eigenvalue weighted by molar-refractivity contribution is 5.83. The topological polar surface area (TPSA) is 88.1 Å². The lowest BCUT2D eigenvalue weighted by molar-refractivity contribution is -0.141. The Kier molecular flexibility index (Phi) is 6.45. The first-order chi connectivity index (χ1) is 8.66. The quantitative estimate of drug-likeness (QED) is 0.624. The van der Waals surface area contributed by atoms with Crippen LogP contribution >= 0.6 is 0 Å². The zero-order valence-electron chi connectivity index (χ0n) is 10.6. The number of likely N-dealkylation sites (tertiary alicyclic amines) is 1. The molecule has 7 nitrogen and oxygen atoms in total. The Morgan fingerprint density at radius 1 is 1.39 bits per heavy atom. The molecule has 1 heterocycles. The van der Waals surface area contributed by atoms with Crippen LogP contribution in [-0.4, -0.2) is 68.1 Å². The number of methoxy groups -OCH3 is 1. The van der Waals surface area contributed by atoms with Crippen molar-refractivity contribution in [2.24, 2.45) is 0 Å². The van der Waals surface area contributed by atoms with Crippen LogP contribution in [0.3, 0.4) is 0 Å². The van der Waals surface area contributed by atoms with E-state index in [1.165, 1.54) is 4.90 Å². The SMILES string of the molecule is COCCOCCNC(=O)N1CCC[C@H]1C(=O)O. The number of carbonyl (C=O) groups is 2. The van der Waals surface area contributed by atoms with E-state index in [0.717, 1.165) is 6.42 Å². The van der Waals surface area contributed by atoms with Gasteiger partial charge in [0.1, 0.15) is 6.04 Å². The lowest BCUT2D eigenvalue weighted by Gasteiger charge is -2.21. The number of carboxylic acids is 1. The fourth-order valence-corrected chi connectivity index (χ4v) is 1.84. The van der Waals surface area contributed by atoms with Gasteiger partial charge in [0.2, 0.25) is 0 Å². The molecule has 1 fully saturated rings. The number of rotatable bonds is 7. The summed E-state index contributed by atoms with van der Waals surface area (Å²) in [6, 6.07) is -1.03. The molecule has 1 atom stereocenters. The van der Waals surface area contributed by atoms with Crippen molar-refractivity contribution in [2.75, 3.05) is 40.0 Å². The number of carbonyl (C=O) groups excluding carboxylic acids is 1. The van der Waals surface area contributed by atoms with Crippen molar-refractivity contribution in [3.05, 3.63) is 0 Å². The van der Waals surface area contributed by atoms with Crippen LogP contribution in [0.25, 0.3) is 0 Å². The van der Waals surface area contributed by atoms with Crippen molar-refractivity contribution in [1.29, 1.82) is 0 Å². The second kappa shape index (κ2) is 7.88. The van der Waals surface area contributed by atoms with Crippen LogP contribution in [-0.2, 0) is 14.3 Å². The Labute approximate surface area is 106 Å². The molecule has 104 valence electrons. The monoisotopic (exact) mass is 260 g/mol. The van der Waals surface area contributed by atoms with E-state index in [-0.39, 0.29) is 6.03 Å². The van der Waals surface area contributed by atoms with E-state index in [9.17, 15) is 9.59 Å². The number of ether oxygens (including phenoxy) is 2. The molecule has 2 amide bonds. The maximum Gasteiger partial charge on any atom is 0.326 e. The van der Waals surface area contributed by atoms with Gasteiger partial charge < -0.3 is 24.8 Å². The molecular weight excluding hydrogens is 240 g/mol. The fraction of sp³-hybridized carbons (Fsp3) is 0.818. The minimum atomic E-state index is -0.945. The number of nitrogens with zero attached hydrogens (tertiary/aromatic N) is 1. The predicted molar refractivity (Wildman–Crippen MR) is 63.5 cm³/mol. The lowest BCUT2D eigenvalue weighted by atomic mass is 10.2. The number of carboxylic acid groups (broad SMARTS) is 1. The summed E-state index contributed by atoms with van der Waals surface area (Å²) in [4.78, 5) is 24.0. The van der Waals surface area contributed by atoms with Crippen molar-refractivity contribution in [3.8, 4) is 0 Å². The molecule has 2 N–H and O–H groups in total. The third-order valence-corrected chi connectivity index (χ3v) is 2.75. The molecule has 0 aromatic rings. The molecule has 0 radical (unpaired) electrons. The largest absolute Gasteiger partial charge is 0.480 e.